The van der Waals surface area contributed by atoms with Gasteiger partial charge >= 0.3 is 6.09 Å². The van der Waals surface area contributed by atoms with Crippen LogP contribution in [0.5, 0.6) is 11.5 Å². The summed E-state index contributed by atoms with van der Waals surface area (Å²) in [6.45, 7) is 0. The van der Waals surface area contributed by atoms with Crippen molar-refractivity contribution >= 4 is 6.09 Å². The number of hydrogen-bond donors (Lipinski definition) is 1. The smallest absolute Gasteiger partial charge is 0.421 e. The molecule has 5 nitrogen and oxygen atoms in total. The zero-order valence-electron chi connectivity index (χ0n) is 9.82. The van der Waals surface area contributed by atoms with Gasteiger partial charge in [-0.15, -0.1) is 0 Å². The van der Waals surface area contributed by atoms with Crippen LogP contribution in [0.4, 0.5) is 4.79 Å². The number of carbonyl (C=O) groups excluding carboxylic acids is 1. The van der Waals surface area contributed by atoms with Gasteiger partial charge in [0.25, 0.3) is 0 Å². The summed E-state index contributed by atoms with van der Waals surface area (Å²) in [6, 6.07) is 6.81. The molecule has 0 aliphatic carbocycles. The van der Waals surface area contributed by atoms with E-state index in [2.05, 4.69) is 0 Å². The van der Waals surface area contributed by atoms with Gasteiger partial charge < -0.3 is 14.6 Å². The number of benzene rings is 1. The molecule has 0 radical (unpaired) electrons. The quantitative estimate of drug-likeness (QED) is 0.867. The summed E-state index contributed by atoms with van der Waals surface area (Å²) in [5.74, 6) is 0.761. The first-order chi connectivity index (χ1) is 8.72. The first-order valence-electron chi connectivity index (χ1n) is 5.38. The molecule has 18 heavy (non-hydrogen) atoms. The molecular formula is C13H13NO4. The molecule has 1 aromatic carbocycles. The van der Waals surface area contributed by atoms with Crippen molar-refractivity contribution in [3.63, 3.8) is 0 Å². The molecule has 1 amide bonds. The minimum Gasteiger partial charge on any atom is -0.493 e. The van der Waals surface area contributed by atoms with E-state index < -0.39 is 12.3 Å². The maximum absolute atomic E-state index is 11.8. The molecule has 1 unspecified atom stereocenters. The number of aliphatic hydroxyl groups is 1. The van der Waals surface area contributed by atoms with E-state index in [0.29, 0.717) is 11.5 Å². The van der Waals surface area contributed by atoms with Crippen LogP contribution in [0, 0.1) is 0 Å². The number of rotatable bonds is 2. The van der Waals surface area contributed by atoms with Crippen molar-refractivity contribution < 1.29 is 19.4 Å². The van der Waals surface area contributed by atoms with E-state index in [1.54, 1.807) is 36.4 Å². The standard InChI is InChI=1S/C13H13NO4/c1-17-10-6-2-3-7-11(10)18-13(16)14-9-5-4-8-12(14)15/h2-9,12,15H,1H3. The lowest BCUT2D eigenvalue weighted by molar-refractivity contribution is 0.0742. The summed E-state index contributed by atoms with van der Waals surface area (Å²) in [5, 5.41) is 9.60. The lowest BCUT2D eigenvalue weighted by Gasteiger charge is -2.23. The number of para-hydroxylation sites is 2. The third kappa shape index (κ3) is 2.52. The first-order valence-corrected chi connectivity index (χ1v) is 5.38. The Kier molecular flexibility index (Phi) is 3.64. The number of aliphatic hydroxyl groups excluding tert-OH is 1. The van der Waals surface area contributed by atoms with E-state index in [1.807, 2.05) is 0 Å². The Labute approximate surface area is 105 Å². The van der Waals surface area contributed by atoms with E-state index in [0.717, 1.165) is 4.90 Å². The molecule has 0 saturated heterocycles. The van der Waals surface area contributed by atoms with E-state index >= 15 is 0 Å². The Balaban J connectivity index is 2.12. The average molecular weight is 247 g/mol. The van der Waals surface area contributed by atoms with E-state index in [1.165, 1.54) is 19.4 Å². The van der Waals surface area contributed by atoms with Crippen LogP contribution >= 0.6 is 0 Å². The fraction of sp³-hybridized carbons (Fsp3) is 0.154. The van der Waals surface area contributed by atoms with Gasteiger partial charge in [-0.2, -0.15) is 0 Å². The summed E-state index contributed by atoms with van der Waals surface area (Å²) in [6.07, 6.45) is 4.52. The normalized spacial score (nSPS) is 17.7. The molecule has 0 spiro atoms. The summed E-state index contributed by atoms with van der Waals surface area (Å²) in [5.41, 5.74) is 0. The number of amides is 1. The summed E-state index contributed by atoms with van der Waals surface area (Å²) in [7, 11) is 1.49. The monoisotopic (exact) mass is 247 g/mol. The third-order valence-electron chi connectivity index (χ3n) is 2.40. The van der Waals surface area contributed by atoms with Gasteiger partial charge in [-0.3, -0.25) is 4.90 Å². The molecule has 1 heterocycles. The van der Waals surface area contributed by atoms with Gasteiger partial charge in [0.2, 0.25) is 0 Å². The second-order valence-corrected chi connectivity index (χ2v) is 3.57. The maximum atomic E-state index is 11.8. The van der Waals surface area contributed by atoms with Crippen LogP contribution in [-0.4, -0.2) is 29.4 Å². The highest BCUT2D eigenvalue weighted by molar-refractivity contribution is 5.73. The zero-order valence-corrected chi connectivity index (χ0v) is 9.82. The van der Waals surface area contributed by atoms with Crippen LogP contribution < -0.4 is 9.47 Å². The second-order valence-electron chi connectivity index (χ2n) is 3.57. The van der Waals surface area contributed by atoms with E-state index in [4.69, 9.17) is 9.47 Å². The van der Waals surface area contributed by atoms with E-state index in [-0.39, 0.29) is 0 Å². The molecule has 0 saturated carbocycles. The Morgan fingerprint density at radius 1 is 1.28 bits per heavy atom. The number of methoxy groups -OCH3 is 1. The predicted molar refractivity (Wildman–Crippen MR) is 65.1 cm³/mol. The van der Waals surface area contributed by atoms with Gasteiger partial charge in [0, 0.05) is 6.20 Å². The predicted octanol–water partition coefficient (Wildman–Crippen LogP) is 1.90. The first kappa shape index (κ1) is 12.2. The Bertz CT molecular complexity index is 496. The van der Waals surface area contributed by atoms with Gasteiger partial charge in [0.05, 0.1) is 7.11 Å². The highest BCUT2D eigenvalue weighted by Crippen LogP contribution is 2.26. The van der Waals surface area contributed by atoms with Crippen LogP contribution in [0.15, 0.2) is 48.7 Å². The second kappa shape index (κ2) is 5.37. The fourth-order valence-electron chi connectivity index (χ4n) is 1.51. The number of nitrogens with zero attached hydrogens (tertiary/aromatic N) is 1. The zero-order chi connectivity index (χ0) is 13.0. The molecule has 1 atom stereocenters. The van der Waals surface area contributed by atoms with Crippen LogP contribution in [-0.2, 0) is 0 Å². The van der Waals surface area contributed by atoms with Crippen LogP contribution in [0.1, 0.15) is 0 Å². The van der Waals surface area contributed by atoms with E-state index in [9.17, 15) is 9.90 Å². The number of carbonyl (C=O) groups is 1. The molecule has 1 aliphatic heterocycles. The third-order valence-corrected chi connectivity index (χ3v) is 2.40. The molecule has 1 N–H and O–H groups in total. The molecule has 1 aromatic rings. The molecule has 94 valence electrons. The minimum absolute atomic E-state index is 0.306. The highest BCUT2D eigenvalue weighted by atomic mass is 16.6. The van der Waals surface area contributed by atoms with Crippen molar-refractivity contribution in [1.29, 1.82) is 0 Å². The number of ether oxygens (including phenoxy) is 2. The van der Waals surface area contributed by atoms with Gasteiger partial charge in [-0.05, 0) is 24.3 Å². The van der Waals surface area contributed by atoms with Crippen LogP contribution in [0.25, 0.3) is 0 Å². The van der Waals surface area contributed by atoms with Gasteiger partial charge in [0.1, 0.15) is 0 Å². The largest absolute Gasteiger partial charge is 0.493 e. The summed E-state index contributed by atoms with van der Waals surface area (Å²) >= 11 is 0. The molecule has 5 heteroatoms. The molecular weight excluding hydrogens is 234 g/mol. The number of hydrogen-bond acceptors (Lipinski definition) is 4. The van der Waals surface area contributed by atoms with Crippen molar-refractivity contribution in [2.75, 3.05) is 7.11 Å². The average Bonchev–Trinajstić information content (AvgIpc) is 2.39. The van der Waals surface area contributed by atoms with Crippen molar-refractivity contribution in [1.82, 2.24) is 4.90 Å². The van der Waals surface area contributed by atoms with Gasteiger partial charge in [0.15, 0.2) is 17.7 Å². The van der Waals surface area contributed by atoms with Crippen LogP contribution in [0.3, 0.4) is 0 Å². The minimum atomic E-state index is -1.02. The topological polar surface area (TPSA) is 59.0 Å². The lowest BCUT2D eigenvalue weighted by Crippen LogP contribution is -2.37. The van der Waals surface area contributed by atoms with Crippen molar-refractivity contribution in [2.24, 2.45) is 0 Å². The maximum Gasteiger partial charge on any atom is 0.421 e. The van der Waals surface area contributed by atoms with Crippen molar-refractivity contribution in [3.05, 3.63) is 48.7 Å². The molecule has 0 fully saturated rings. The molecule has 0 aromatic heterocycles. The molecule has 0 bridgehead atoms. The Morgan fingerprint density at radius 2 is 2.00 bits per heavy atom. The molecule has 2 rings (SSSR count). The fourth-order valence-corrected chi connectivity index (χ4v) is 1.51. The SMILES string of the molecule is COc1ccccc1OC(=O)N1C=CC=CC1O. The van der Waals surface area contributed by atoms with Gasteiger partial charge in [-0.25, -0.2) is 4.79 Å². The van der Waals surface area contributed by atoms with Crippen LogP contribution in [0.2, 0.25) is 0 Å². The Hall–Kier alpha value is -2.27. The Morgan fingerprint density at radius 3 is 2.67 bits per heavy atom. The highest BCUT2D eigenvalue weighted by Gasteiger charge is 2.21. The lowest BCUT2D eigenvalue weighted by atomic mass is 10.3. The molecule has 1 aliphatic rings. The van der Waals surface area contributed by atoms with Crippen molar-refractivity contribution in [2.45, 2.75) is 6.23 Å². The summed E-state index contributed by atoms with van der Waals surface area (Å²) in [4.78, 5) is 12.9. The number of allylic oxidation sites excluding steroid dienone is 2. The van der Waals surface area contributed by atoms with Gasteiger partial charge in [-0.1, -0.05) is 18.2 Å². The van der Waals surface area contributed by atoms with Crippen molar-refractivity contribution in [3.8, 4) is 11.5 Å². The summed E-state index contributed by atoms with van der Waals surface area (Å²) < 4.78 is 10.2.